The first kappa shape index (κ1) is 13.8. The Kier molecular flexibility index (Phi) is 4.49. The molecule has 0 bridgehead atoms. The van der Waals surface area contributed by atoms with Crippen molar-refractivity contribution < 1.29 is 4.74 Å². The van der Waals surface area contributed by atoms with E-state index in [0.29, 0.717) is 18.2 Å². The van der Waals surface area contributed by atoms with Crippen LogP contribution in [-0.4, -0.2) is 22.8 Å². The van der Waals surface area contributed by atoms with Crippen molar-refractivity contribution in [2.75, 3.05) is 12.0 Å². The van der Waals surface area contributed by atoms with Gasteiger partial charge >= 0.3 is 0 Å². The Morgan fingerprint density at radius 1 is 1.40 bits per heavy atom. The predicted octanol–water partition coefficient (Wildman–Crippen LogP) is 1.92. The van der Waals surface area contributed by atoms with Gasteiger partial charge in [0.05, 0.1) is 12.8 Å². The van der Waals surface area contributed by atoms with Crippen molar-refractivity contribution in [1.29, 1.82) is 0 Å². The van der Waals surface area contributed by atoms with E-state index >= 15 is 0 Å². The van der Waals surface area contributed by atoms with Crippen LogP contribution in [0.5, 0.6) is 5.75 Å². The second-order valence-corrected chi connectivity index (χ2v) is 4.11. The molecule has 104 valence electrons. The maximum absolute atomic E-state index is 11.2. The van der Waals surface area contributed by atoms with E-state index in [9.17, 15) is 4.79 Å². The van der Waals surface area contributed by atoms with Crippen LogP contribution in [0, 0.1) is 6.92 Å². The fourth-order valence-corrected chi connectivity index (χ4v) is 1.62. The van der Waals surface area contributed by atoms with Crippen molar-refractivity contribution in [2.24, 2.45) is 5.10 Å². The SMILES string of the molecule is CCOc1ccc(/C=N\Nc2nc(C)cc(=O)[nH]2)cc1. The Bertz CT molecular complexity index is 647. The summed E-state index contributed by atoms with van der Waals surface area (Å²) < 4.78 is 5.35. The second-order valence-electron chi connectivity index (χ2n) is 4.11. The summed E-state index contributed by atoms with van der Waals surface area (Å²) in [7, 11) is 0. The Labute approximate surface area is 116 Å². The molecule has 0 saturated carbocycles. The number of aromatic nitrogens is 2. The van der Waals surface area contributed by atoms with Crippen LogP contribution in [-0.2, 0) is 0 Å². The van der Waals surface area contributed by atoms with Gasteiger partial charge in [0.2, 0.25) is 5.95 Å². The van der Waals surface area contributed by atoms with Crippen LogP contribution in [0.4, 0.5) is 5.95 Å². The minimum absolute atomic E-state index is 0.212. The van der Waals surface area contributed by atoms with Gasteiger partial charge in [-0.05, 0) is 43.7 Å². The van der Waals surface area contributed by atoms with Crippen LogP contribution in [0.25, 0.3) is 0 Å². The van der Waals surface area contributed by atoms with Crippen molar-refractivity contribution in [3.63, 3.8) is 0 Å². The molecular weight excluding hydrogens is 256 g/mol. The molecule has 1 aromatic carbocycles. The van der Waals surface area contributed by atoms with E-state index in [1.54, 1.807) is 13.1 Å². The van der Waals surface area contributed by atoms with E-state index < -0.39 is 0 Å². The molecule has 0 aliphatic heterocycles. The summed E-state index contributed by atoms with van der Waals surface area (Å²) in [5.41, 5.74) is 4.02. The molecule has 6 nitrogen and oxygen atoms in total. The van der Waals surface area contributed by atoms with E-state index in [1.807, 2.05) is 31.2 Å². The van der Waals surface area contributed by atoms with Crippen molar-refractivity contribution >= 4 is 12.2 Å². The number of anilines is 1. The first-order valence-electron chi connectivity index (χ1n) is 6.27. The minimum atomic E-state index is -0.212. The molecule has 20 heavy (non-hydrogen) atoms. The normalized spacial score (nSPS) is 10.7. The maximum Gasteiger partial charge on any atom is 0.252 e. The van der Waals surface area contributed by atoms with Gasteiger partial charge in [-0.25, -0.2) is 10.4 Å². The molecule has 1 heterocycles. The maximum atomic E-state index is 11.2. The average molecular weight is 272 g/mol. The van der Waals surface area contributed by atoms with Crippen molar-refractivity contribution in [2.45, 2.75) is 13.8 Å². The lowest BCUT2D eigenvalue weighted by Crippen LogP contribution is -2.10. The smallest absolute Gasteiger partial charge is 0.252 e. The monoisotopic (exact) mass is 272 g/mol. The van der Waals surface area contributed by atoms with Crippen molar-refractivity contribution in [3.05, 3.63) is 51.9 Å². The third-order valence-corrected chi connectivity index (χ3v) is 2.44. The zero-order valence-corrected chi connectivity index (χ0v) is 11.4. The molecule has 2 rings (SSSR count). The number of H-pyrrole nitrogens is 1. The number of aromatic amines is 1. The van der Waals surface area contributed by atoms with Gasteiger partial charge in [-0.1, -0.05) is 0 Å². The van der Waals surface area contributed by atoms with Gasteiger partial charge in [0.1, 0.15) is 5.75 Å². The fourth-order valence-electron chi connectivity index (χ4n) is 1.62. The minimum Gasteiger partial charge on any atom is -0.494 e. The number of hydrogen-bond acceptors (Lipinski definition) is 5. The van der Waals surface area contributed by atoms with Crippen LogP contribution < -0.4 is 15.7 Å². The van der Waals surface area contributed by atoms with Gasteiger partial charge in [-0.2, -0.15) is 5.10 Å². The van der Waals surface area contributed by atoms with E-state index in [1.165, 1.54) is 6.07 Å². The summed E-state index contributed by atoms with van der Waals surface area (Å²) in [5.74, 6) is 1.14. The average Bonchev–Trinajstić information content (AvgIpc) is 2.40. The third-order valence-electron chi connectivity index (χ3n) is 2.44. The predicted molar refractivity (Wildman–Crippen MR) is 78.4 cm³/mol. The van der Waals surface area contributed by atoms with Crippen molar-refractivity contribution in [1.82, 2.24) is 9.97 Å². The highest BCUT2D eigenvalue weighted by atomic mass is 16.5. The largest absolute Gasteiger partial charge is 0.494 e. The number of hydrazone groups is 1. The van der Waals surface area contributed by atoms with Gasteiger partial charge in [0, 0.05) is 11.8 Å². The molecule has 1 aromatic heterocycles. The van der Waals surface area contributed by atoms with Crippen LogP contribution in [0.3, 0.4) is 0 Å². The van der Waals surface area contributed by atoms with Gasteiger partial charge in [0.25, 0.3) is 5.56 Å². The molecule has 0 spiro atoms. The van der Waals surface area contributed by atoms with E-state index in [4.69, 9.17) is 4.74 Å². The first-order chi connectivity index (χ1) is 9.67. The number of nitrogens with one attached hydrogen (secondary N) is 2. The number of rotatable bonds is 5. The van der Waals surface area contributed by atoms with Crippen LogP contribution in [0.2, 0.25) is 0 Å². The molecule has 0 amide bonds. The number of nitrogens with zero attached hydrogens (tertiary/aromatic N) is 2. The molecule has 0 unspecified atom stereocenters. The van der Waals surface area contributed by atoms with Crippen molar-refractivity contribution in [3.8, 4) is 5.75 Å². The van der Waals surface area contributed by atoms with Gasteiger partial charge in [-0.15, -0.1) is 0 Å². The number of aryl methyl sites for hydroxylation is 1. The molecule has 2 N–H and O–H groups in total. The molecule has 0 radical (unpaired) electrons. The Balaban J connectivity index is 2.00. The zero-order chi connectivity index (χ0) is 14.4. The highest BCUT2D eigenvalue weighted by Gasteiger charge is 1.95. The molecule has 0 aliphatic carbocycles. The second kappa shape index (κ2) is 6.51. The zero-order valence-electron chi connectivity index (χ0n) is 11.4. The Morgan fingerprint density at radius 3 is 2.80 bits per heavy atom. The van der Waals surface area contributed by atoms with Crippen LogP contribution in [0.15, 0.2) is 40.2 Å². The van der Waals surface area contributed by atoms with Gasteiger partial charge in [-0.3, -0.25) is 9.78 Å². The van der Waals surface area contributed by atoms with Gasteiger partial charge in [0.15, 0.2) is 0 Å². The molecule has 0 saturated heterocycles. The summed E-state index contributed by atoms with van der Waals surface area (Å²) in [4.78, 5) is 17.9. The lowest BCUT2D eigenvalue weighted by atomic mass is 10.2. The fraction of sp³-hybridized carbons (Fsp3) is 0.214. The Morgan fingerprint density at radius 2 is 2.15 bits per heavy atom. The molecule has 0 atom stereocenters. The summed E-state index contributed by atoms with van der Waals surface area (Å²) >= 11 is 0. The third kappa shape index (κ3) is 3.94. The summed E-state index contributed by atoms with van der Waals surface area (Å²) in [5, 5.41) is 4.02. The summed E-state index contributed by atoms with van der Waals surface area (Å²) in [6, 6.07) is 8.95. The Hall–Kier alpha value is -2.63. The first-order valence-corrected chi connectivity index (χ1v) is 6.27. The lowest BCUT2D eigenvalue weighted by molar-refractivity contribution is 0.340. The van der Waals surface area contributed by atoms with E-state index in [0.717, 1.165) is 11.3 Å². The summed E-state index contributed by atoms with van der Waals surface area (Å²) in [6.45, 7) is 4.33. The highest BCUT2D eigenvalue weighted by Crippen LogP contribution is 2.10. The highest BCUT2D eigenvalue weighted by molar-refractivity contribution is 5.80. The molecule has 6 heteroatoms. The molecule has 0 aliphatic rings. The molecule has 2 aromatic rings. The number of ether oxygens (including phenoxy) is 1. The molecular formula is C14H16N4O2. The summed E-state index contributed by atoms with van der Waals surface area (Å²) in [6.07, 6.45) is 1.64. The van der Waals surface area contributed by atoms with Crippen LogP contribution >= 0.6 is 0 Å². The van der Waals surface area contributed by atoms with E-state index in [2.05, 4.69) is 20.5 Å². The topological polar surface area (TPSA) is 79.4 Å². The molecule has 0 fully saturated rings. The number of hydrogen-bond donors (Lipinski definition) is 2. The number of benzene rings is 1. The van der Waals surface area contributed by atoms with E-state index in [-0.39, 0.29) is 5.56 Å². The van der Waals surface area contributed by atoms with Crippen LogP contribution in [0.1, 0.15) is 18.2 Å². The quantitative estimate of drug-likeness (QED) is 0.644. The van der Waals surface area contributed by atoms with Gasteiger partial charge < -0.3 is 4.74 Å². The lowest BCUT2D eigenvalue weighted by Gasteiger charge is -2.02. The standard InChI is InChI=1S/C14H16N4O2/c1-3-20-12-6-4-11(5-7-12)9-15-18-14-16-10(2)8-13(19)17-14/h4-9H,3H2,1-2H3,(H2,16,17,18,19)/b15-9-.